The van der Waals surface area contributed by atoms with Gasteiger partial charge in [0.2, 0.25) is 0 Å². The molecule has 0 aliphatic heterocycles. The summed E-state index contributed by atoms with van der Waals surface area (Å²) in [5, 5.41) is 9.33. The summed E-state index contributed by atoms with van der Waals surface area (Å²) in [6.45, 7) is 0. The monoisotopic (exact) mass is 276 g/mol. The van der Waals surface area contributed by atoms with E-state index in [2.05, 4.69) is 0 Å². The first-order valence-electron chi connectivity index (χ1n) is 6.28. The lowest BCUT2D eigenvalue weighted by molar-refractivity contribution is -0.115. The molecule has 2 rings (SSSR count). The summed E-state index contributed by atoms with van der Waals surface area (Å²) in [5.74, 6) is -0.480. The lowest BCUT2D eigenvalue weighted by atomic mass is 10.0. The number of hydrogen-bond acceptors (Lipinski definition) is 4. The SMILES string of the molecule is COc1ccc(/C=C/C(=O)C2CC2)c(C(=O)O)c1OC. The molecular weight excluding hydrogens is 260 g/mol. The van der Waals surface area contributed by atoms with Crippen LogP contribution in [-0.4, -0.2) is 31.1 Å². The maximum Gasteiger partial charge on any atom is 0.340 e. The molecule has 1 fully saturated rings. The van der Waals surface area contributed by atoms with E-state index < -0.39 is 5.97 Å². The van der Waals surface area contributed by atoms with Gasteiger partial charge in [0.15, 0.2) is 17.3 Å². The van der Waals surface area contributed by atoms with Crippen molar-refractivity contribution < 1.29 is 24.2 Å². The molecular formula is C15H16O5. The van der Waals surface area contributed by atoms with Crippen LogP contribution in [-0.2, 0) is 4.79 Å². The molecule has 20 heavy (non-hydrogen) atoms. The molecule has 0 spiro atoms. The number of hydrogen-bond donors (Lipinski definition) is 1. The molecule has 0 heterocycles. The number of carboxylic acid groups (broad SMARTS) is 1. The van der Waals surface area contributed by atoms with E-state index in [4.69, 9.17) is 9.47 Å². The molecule has 1 aromatic carbocycles. The molecule has 0 unspecified atom stereocenters. The minimum absolute atomic E-state index is 0.00769. The number of carbonyl (C=O) groups is 2. The van der Waals surface area contributed by atoms with Crippen LogP contribution in [0.15, 0.2) is 18.2 Å². The Morgan fingerprint density at radius 3 is 2.45 bits per heavy atom. The fraction of sp³-hybridized carbons (Fsp3) is 0.333. The molecule has 0 aromatic heterocycles. The molecule has 1 N–H and O–H groups in total. The van der Waals surface area contributed by atoms with Gasteiger partial charge < -0.3 is 14.6 Å². The first kappa shape index (κ1) is 14.1. The highest BCUT2D eigenvalue weighted by Crippen LogP contribution is 2.35. The van der Waals surface area contributed by atoms with Gasteiger partial charge in [-0.05, 0) is 30.5 Å². The van der Waals surface area contributed by atoms with Crippen molar-refractivity contribution in [3.05, 3.63) is 29.3 Å². The van der Waals surface area contributed by atoms with Crippen LogP contribution in [0.4, 0.5) is 0 Å². The minimum Gasteiger partial charge on any atom is -0.493 e. The van der Waals surface area contributed by atoms with Crippen molar-refractivity contribution >= 4 is 17.8 Å². The molecule has 1 aliphatic carbocycles. The lowest BCUT2D eigenvalue weighted by Gasteiger charge is -2.12. The van der Waals surface area contributed by atoms with Crippen LogP contribution in [0.5, 0.6) is 11.5 Å². The molecule has 0 radical (unpaired) electrons. The first-order valence-corrected chi connectivity index (χ1v) is 6.28. The van der Waals surface area contributed by atoms with E-state index in [1.165, 1.54) is 26.4 Å². The van der Waals surface area contributed by atoms with Crippen LogP contribution < -0.4 is 9.47 Å². The second-order valence-corrected chi connectivity index (χ2v) is 4.58. The first-order chi connectivity index (χ1) is 9.58. The lowest BCUT2D eigenvalue weighted by Crippen LogP contribution is -2.05. The Morgan fingerprint density at radius 2 is 1.95 bits per heavy atom. The van der Waals surface area contributed by atoms with Crippen LogP contribution in [0.1, 0.15) is 28.8 Å². The van der Waals surface area contributed by atoms with Crippen molar-refractivity contribution in [3.8, 4) is 11.5 Å². The number of rotatable bonds is 6. The largest absolute Gasteiger partial charge is 0.493 e. The quantitative estimate of drug-likeness (QED) is 0.808. The highest BCUT2D eigenvalue weighted by atomic mass is 16.5. The smallest absolute Gasteiger partial charge is 0.340 e. The number of methoxy groups -OCH3 is 2. The van der Waals surface area contributed by atoms with Gasteiger partial charge in [-0.2, -0.15) is 0 Å². The van der Waals surface area contributed by atoms with E-state index in [0.717, 1.165) is 12.8 Å². The molecule has 0 bridgehead atoms. The molecule has 0 atom stereocenters. The number of carbonyl (C=O) groups excluding carboxylic acids is 1. The van der Waals surface area contributed by atoms with E-state index in [1.54, 1.807) is 12.1 Å². The standard InChI is InChI=1S/C15H16O5/c1-19-12-8-6-10(5-7-11(16)9-3-4-9)13(15(17)18)14(12)20-2/h5-9H,3-4H2,1-2H3,(H,17,18)/b7-5+. The fourth-order valence-corrected chi connectivity index (χ4v) is 1.98. The molecule has 0 amide bonds. The number of ketones is 1. The van der Waals surface area contributed by atoms with E-state index in [0.29, 0.717) is 11.3 Å². The van der Waals surface area contributed by atoms with Crippen LogP contribution in [0.3, 0.4) is 0 Å². The van der Waals surface area contributed by atoms with Gasteiger partial charge >= 0.3 is 5.97 Å². The summed E-state index contributed by atoms with van der Waals surface area (Å²) in [6, 6.07) is 3.22. The number of ether oxygens (including phenoxy) is 2. The molecule has 106 valence electrons. The Labute approximate surface area is 116 Å². The third kappa shape index (κ3) is 2.82. The average molecular weight is 276 g/mol. The van der Waals surface area contributed by atoms with Gasteiger partial charge in [-0.1, -0.05) is 12.1 Å². The van der Waals surface area contributed by atoms with Crippen molar-refractivity contribution in [2.45, 2.75) is 12.8 Å². The number of carboxylic acids is 1. The average Bonchev–Trinajstić information content (AvgIpc) is 3.27. The molecule has 5 heteroatoms. The van der Waals surface area contributed by atoms with Gasteiger partial charge in [-0.25, -0.2) is 4.79 Å². The highest BCUT2D eigenvalue weighted by Gasteiger charge is 2.27. The number of aromatic carboxylic acids is 1. The van der Waals surface area contributed by atoms with E-state index >= 15 is 0 Å². The van der Waals surface area contributed by atoms with Crippen LogP contribution in [0.2, 0.25) is 0 Å². The summed E-state index contributed by atoms with van der Waals surface area (Å²) in [6.07, 6.45) is 4.79. The predicted octanol–water partition coefficient (Wildman–Crippen LogP) is 2.39. The molecule has 5 nitrogen and oxygen atoms in total. The van der Waals surface area contributed by atoms with Gasteiger partial charge in [0, 0.05) is 5.92 Å². The van der Waals surface area contributed by atoms with E-state index in [9.17, 15) is 14.7 Å². The summed E-state index contributed by atoms with van der Waals surface area (Å²) >= 11 is 0. The third-order valence-corrected chi connectivity index (χ3v) is 3.20. The highest BCUT2D eigenvalue weighted by molar-refractivity contribution is 6.00. The van der Waals surface area contributed by atoms with Gasteiger partial charge in [-0.15, -0.1) is 0 Å². The van der Waals surface area contributed by atoms with Crippen LogP contribution in [0.25, 0.3) is 6.08 Å². The van der Waals surface area contributed by atoms with Gasteiger partial charge in [0.25, 0.3) is 0 Å². The Hall–Kier alpha value is -2.30. The summed E-state index contributed by atoms with van der Waals surface area (Å²) in [7, 11) is 2.82. The van der Waals surface area contributed by atoms with Gasteiger partial charge in [-0.3, -0.25) is 4.79 Å². The van der Waals surface area contributed by atoms with Gasteiger partial charge in [0.05, 0.1) is 14.2 Å². The van der Waals surface area contributed by atoms with Crippen LogP contribution >= 0.6 is 0 Å². The zero-order chi connectivity index (χ0) is 14.7. The van der Waals surface area contributed by atoms with E-state index in [1.807, 2.05) is 0 Å². The Kier molecular flexibility index (Phi) is 4.08. The number of allylic oxidation sites excluding steroid dienone is 1. The second kappa shape index (κ2) is 5.77. The second-order valence-electron chi connectivity index (χ2n) is 4.58. The topological polar surface area (TPSA) is 72.8 Å². The number of benzene rings is 1. The normalized spacial score (nSPS) is 14.3. The molecule has 1 aromatic rings. The minimum atomic E-state index is -1.13. The van der Waals surface area contributed by atoms with Crippen LogP contribution in [0, 0.1) is 5.92 Å². The zero-order valence-electron chi connectivity index (χ0n) is 11.4. The summed E-state index contributed by atoms with van der Waals surface area (Å²) in [5.41, 5.74) is 0.413. The Morgan fingerprint density at radius 1 is 1.25 bits per heavy atom. The van der Waals surface area contributed by atoms with Crippen molar-refractivity contribution in [1.29, 1.82) is 0 Å². The summed E-state index contributed by atoms with van der Waals surface area (Å²) < 4.78 is 10.2. The van der Waals surface area contributed by atoms with Crippen molar-refractivity contribution in [1.82, 2.24) is 0 Å². The van der Waals surface area contributed by atoms with E-state index in [-0.39, 0.29) is 23.0 Å². The summed E-state index contributed by atoms with van der Waals surface area (Å²) in [4.78, 5) is 23.1. The molecule has 0 saturated heterocycles. The maximum atomic E-state index is 11.6. The zero-order valence-corrected chi connectivity index (χ0v) is 11.4. The Balaban J connectivity index is 2.41. The molecule has 1 saturated carbocycles. The van der Waals surface area contributed by atoms with Crippen molar-refractivity contribution in [2.75, 3.05) is 14.2 Å². The maximum absolute atomic E-state index is 11.6. The van der Waals surface area contributed by atoms with Crippen molar-refractivity contribution in [2.24, 2.45) is 5.92 Å². The van der Waals surface area contributed by atoms with Crippen molar-refractivity contribution in [3.63, 3.8) is 0 Å². The third-order valence-electron chi connectivity index (χ3n) is 3.20. The Bertz CT molecular complexity index is 570. The predicted molar refractivity (Wildman–Crippen MR) is 73.3 cm³/mol. The molecule has 1 aliphatic rings. The van der Waals surface area contributed by atoms with Gasteiger partial charge in [0.1, 0.15) is 5.56 Å². The fourth-order valence-electron chi connectivity index (χ4n) is 1.98.